The normalized spacial score (nSPS) is 10.9. The zero-order valence-electron chi connectivity index (χ0n) is 16.3. The van der Waals surface area contributed by atoms with E-state index in [1.807, 2.05) is 62.4 Å². The Labute approximate surface area is 180 Å². The van der Waals surface area contributed by atoms with Crippen molar-refractivity contribution >= 4 is 41.0 Å². The van der Waals surface area contributed by atoms with Crippen LogP contribution in [0, 0.1) is 5.92 Å². The average Bonchev–Trinajstić information content (AvgIpc) is 3.09. The number of carbonyl (C=O) groups is 1. The number of halogens is 2. The molecule has 3 rings (SSSR count). The van der Waals surface area contributed by atoms with Crippen LogP contribution in [0.4, 0.5) is 11.9 Å². The summed E-state index contributed by atoms with van der Waals surface area (Å²) < 4.78 is 1.31. The van der Waals surface area contributed by atoms with Crippen LogP contribution in [0.15, 0.2) is 48.5 Å². The second kappa shape index (κ2) is 9.76. The Hall–Kier alpha value is -2.57. The van der Waals surface area contributed by atoms with Crippen LogP contribution in [0.2, 0.25) is 10.0 Å². The number of nitrogens with one attached hydrogen (secondary N) is 2. The topological polar surface area (TPSA) is 71.8 Å². The molecule has 0 aliphatic heterocycles. The fraction of sp³-hybridized carbons (Fsp3) is 0.286. The molecule has 152 valence electrons. The Morgan fingerprint density at radius 2 is 1.52 bits per heavy atom. The monoisotopic (exact) mass is 431 g/mol. The molecule has 3 aromatic rings. The van der Waals surface area contributed by atoms with E-state index in [1.54, 1.807) is 0 Å². The van der Waals surface area contributed by atoms with Crippen LogP contribution in [0.3, 0.4) is 0 Å². The lowest BCUT2D eigenvalue weighted by Gasteiger charge is -2.09. The van der Waals surface area contributed by atoms with Crippen molar-refractivity contribution in [1.29, 1.82) is 0 Å². The molecule has 0 radical (unpaired) electrons. The molecule has 0 fully saturated rings. The average molecular weight is 432 g/mol. The maximum Gasteiger partial charge on any atom is 0.250 e. The van der Waals surface area contributed by atoms with Crippen LogP contribution in [-0.4, -0.2) is 20.7 Å². The Morgan fingerprint density at radius 3 is 2.07 bits per heavy atom. The van der Waals surface area contributed by atoms with Crippen molar-refractivity contribution in [3.05, 3.63) is 69.7 Å². The van der Waals surface area contributed by atoms with Crippen molar-refractivity contribution in [3.8, 4) is 0 Å². The maximum atomic E-state index is 12.6. The Balaban J connectivity index is 1.78. The van der Waals surface area contributed by atoms with E-state index in [-0.39, 0.29) is 11.8 Å². The second-order valence-electron chi connectivity index (χ2n) is 7.05. The van der Waals surface area contributed by atoms with Crippen molar-refractivity contribution in [3.63, 3.8) is 0 Å². The number of nitrogens with zero attached hydrogens (tertiary/aromatic N) is 3. The Kier molecular flexibility index (Phi) is 7.12. The van der Waals surface area contributed by atoms with Gasteiger partial charge < -0.3 is 10.6 Å². The van der Waals surface area contributed by atoms with E-state index in [1.165, 1.54) is 4.68 Å². The smallest absolute Gasteiger partial charge is 0.250 e. The largest absolute Gasteiger partial charge is 0.350 e. The van der Waals surface area contributed by atoms with Crippen molar-refractivity contribution in [1.82, 2.24) is 14.8 Å². The zero-order valence-corrected chi connectivity index (χ0v) is 17.8. The third-order valence-electron chi connectivity index (χ3n) is 4.22. The van der Waals surface area contributed by atoms with Crippen molar-refractivity contribution in [2.45, 2.75) is 33.4 Å². The first-order chi connectivity index (χ1) is 13.9. The van der Waals surface area contributed by atoms with Crippen molar-refractivity contribution in [2.24, 2.45) is 5.92 Å². The van der Waals surface area contributed by atoms with Crippen LogP contribution in [0.5, 0.6) is 0 Å². The van der Waals surface area contributed by atoms with Gasteiger partial charge in [-0.1, -0.05) is 73.4 Å². The first kappa shape index (κ1) is 21.1. The van der Waals surface area contributed by atoms with Crippen LogP contribution in [0.1, 0.15) is 36.2 Å². The van der Waals surface area contributed by atoms with Gasteiger partial charge in [-0.25, -0.2) is 0 Å². The quantitative estimate of drug-likeness (QED) is 0.492. The molecule has 1 heterocycles. The van der Waals surface area contributed by atoms with Gasteiger partial charge >= 0.3 is 0 Å². The molecule has 1 aromatic heterocycles. The standard InChI is InChI=1S/C21H23Cl2N5O/c1-14(2)11-19(29)28-21(25-13-16-8-4-6-10-18(16)23)26-20(27-28)24-12-15-7-3-5-9-17(15)22/h3-10,14H,11-13H2,1-2H3,(H2,24,25,26,27). The number of anilines is 2. The molecule has 2 N–H and O–H groups in total. The summed E-state index contributed by atoms with van der Waals surface area (Å²) in [6.07, 6.45) is 0.369. The van der Waals surface area contributed by atoms with Gasteiger partial charge in [0.25, 0.3) is 0 Å². The molecule has 0 aliphatic carbocycles. The molecule has 0 spiro atoms. The predicted molar refractivity (Wildman–Crippen MR) is 118 cm³/mol. The van der Waals surface area contributed by atoms with Gasteiger partial charge in [-0.3, -0.25) is 4.79 Å². The third-order valence-corrected chi connectivity index (χ3v) is 4.95. The summed E-state index contributed by atoms with van der Waals surface area (Å²) in [5.74, 6) is 0.809. The first-order valence-electron chi connectivity index (χ1n) is 9.39. The highest BCUT2D eigenvalue weighted by Crippen LogP contribution is 2.19. The van der Waals surface area contributed by atoms with E-state index >= 15 is 0 Å². The summed E-state index contributed by atoms with van der Waals surface area (Å²) in [7, 11) is 0. The van der Waals surface area contributed by atoms with E-state index < -0.39 is 0 Å². The van der Waals surface area contributed by atoms with Gasteiger partial charge in [-0.05, 0) is 29.2 Å². The first-order valence-corrected chi connectivity index (χ1v) is 10.1. The Morgan fingerprint density at radius 1 is 0.966 bits per heavy atom. The van der Waals surface area contributed by atoms with Gasteiger partial charge in [0.05, 0.1) is 0 Å². The third kappa shape index (κ3) is 5.71. The van der Waals surface area contributed by atoms with Crippen molar-refractivity contribution in [2.75, 3.05) is 10.6 Å². The van der Waals surface area contributed by atoms with Gasteiger partial charge in [0, 0.05) is 29.6 Å². The van der Waals surface area contributed by atoms with E-state index in [9.17, 15) is 4.79 Å². The molecular weight excluding hydrogens is 409 g/mol. The van der Waals surface area contributed by atoms with Gasteiger partial charge in [0.2, 0.25) is 17.8 Å². The van der Waals surface area contributed by atoms with E-state index in [0.29, 0.717) is 41.5 Å². The molecule has 0 saturated heterocycles. The molecule has 0 aliphatic rings. The van der Waals surface area contributed by atoms with E-state index in [0.717, 1.165) is 11.1 Å². The van der Waals surface area contributed by atoms with Gasteiger partial charge in [-0.15, -0.1) is 5.10 Å². The van der Waals surface area contributed by atoms with Gasteiger partial charge in [0.15, 0.2) is 0 Å². The van der Waals surface area contributed by atoms with Crippen LogP contribution in [0.25, 0.3) is 0 Å². The second-order valence-corrected chi connectivity index (χ2v) is 7.87. The van der Waals surface area contributed by atoms with Crippen LogP contribution < -0.4 is 10.6 Å². The molecule has 29 heavy (non-hydrogen) atoms. The van der Waals surface area contributed by atoms with Crippen LogP contribution >= 0.6 is 23.2 Å². The molecule has 0 unspecified atom stereocenters. The minimum atomic E-state index is -0.125. The Bertz CT molecular complexity index is 987. The molecule has 0 saturated carbocycles. The summed E-state index contributed by atoms with van der Waals surface area (Å²) in [4.78, 5) is 17.1. The molecular formula is C21H23Cl2N5O. The summed E-state index contributed by atoms with van der Waals surface area (Å²) >= 11 is 12.4. The number of carbonyl (C=O) groups excluding carboxylic acids is 1. The molecule has 0 atom stereocenters. The fourth-order valence-corrected chi connectivity index (χ4v) is 3.15. The summed E-state index contributed by atoms with van der Waals surface area (Å²) in [6, 6.07) is 15.1. The summed E-state index contributed by atoms with van der Waals surface area (Å²) in [6.45, 7) is 4.85. The lowest BCUT2D eigenvalue weighted by Crippen LogP contribution is -2.18. The van der Waals surface area contributed by atoms with E-state index in [2.05, 4.69) is 20.7 Å². The SMILES string of the molecule is CC(C)CC(=O)n1nc(NCc2ccccc2Cl)nc1NCc1ccccc1Cl. The lowest BCUT2D eigenvalue weighted by atomic mass is 10.1. The fourth-order valence-electron chi connectivity index (χ4n) is 2.74. The molecule has 2 aromatic carbocycles. The summed E-state index contributed by atoms with van der Waals surface area (Å²) in [5.41, 5.74) is 1.83. The van der Waals surface area contributed by atoms with Gasteiger partial charge in [0.1, 0.15) is 0 Å². The van der Waals surface area contributed by atoms with Gasteiger partial charge in [-0.2, -0.15) is 9.67 Å². The minimum Gasteiger partial charge on any atom is -0.350 e. The molecule has 8 heteroatoms. The highest BCUT2D eigenvalue weighted by atomic mass is 35.5. The number of hydrogen-bond acceptors (Lipinski definition) is 5. The highest BCUT2D eigenvalue weighted by molar-refractivity contribution is 6.31. The predicted octanol–water partition coefficient (Wildman–Crippen LogP) is 5.50. The molecule has 6 nitrogen and oxygen atoms in total. The molecule has 0 bridgehead atoms. The highest BCUT2D eigenvalue weighted by Gasteiger charge is 2.17. The number of hydrogen-bond donors (Lipinski definition) is 2. The minimum absolute atomic E-state index is 0.125. The lowest BCUT2D eigenvalue weighted by molar-refractivity contribution is 0.0873. The maximum absolute atomic E-state index is 12.6. The summed E-state index contributed by atoms with van der Waals surface area (Å²) in [5, 5.41) is 12.0. The van der Waals surface area contributed by atoms with Crippen molar-refractivity contribution < 1.29 is 4.79 Å². The number of rotatable bonds is 8. The number of benzene rings is 2. The molecule has 0 amide bonds. The number of aromatic nitrogens is 3. The zero-order chi connectivity index (χ0) is 20.8. The van der Waals surface area contributed by atoms with E-state index in [4.69, 9.17) is 23.2 Å². The van der Waals surface area contributed by atoms with Crippen LogP contribution in [-0.2, 0) is 13.1 Å².